The molecule has 5 heteroatoms. The summed E-state index contributed by atoms with van der Waals surface area (Å²) in [7, 11) is 0. The van der Waals surface area contributed by atoms with Gasteiger partial charge in [-0.05, 0) is 60.5 Å². The SMILES string of the molecule is CCNC(Cc1cc(Cl)ccc1F)c1cc(Cl)ccc1Br. The van der Waals surface area contributed by atoms with E-state index in [1.807, 2.05) is 25.1 Å². The van der Waals surface area contributed by atoms with Gasteiger partial charge < -0.3 is 5.32 Å². The topological polar surface area (TPSA) is 12.0 Å². The second-order valence-corrected chi connectivity index (χ2v) is 6.44. The van der Waals surface area contributed by atoms with Crippen LogP contribution < -0.4 is 5.32 Å². The van der Waals surface area contributed by atoms with E-state index >= 15 is 0 Å². The maximum absolute atomic E-state index is 13.9. The fraction of sp³-hybridized carbons (Fsp3) is 0.250. The lowest BCUT2D eigenvalue weighted by atomic mass is 9.98. The van der Waals surface area contributed by atoms with Crippen molar-refractivity contribution in [1.29, 1.82) is 0 Å². The van der Waals surface area contributed by atoms with Crippen molar-refractivity contribution >= 4 is 39.1 Å². The Balaban J connectivity index is 2.35. The Morgan fingerprint density at radius 3 is 2.52 bits per heavy atom. The molecule has 0 saturated heterocycles. The Labute approximate surface area is 142 Å². The van der Waals surface area contributed by atoms with Gasteiger partial charge in [0.05, 0.1) is 0 Å². The highest BCUT2D eigenvalue weighted by Gasteiger charge is 2.17. The Bertz CT molecular complexity index is 634. The van der Waals surface area contributed by atoms with E-state index in [2.05, 4.69) is 21.2 Å². The zero-order valence-corrected chi connectivity index (χ0v) is 14.6. The van der Waals surface area contributed by atoms with Gasteiger partial charge in [-0.3, -0.25) is 0 Å². The van der Waals surface area contributed by atoms with Crippen LogP contribution in [-0.4, -0.2) is 6.54 Å². The predicted molar refractivity (Wildman–Crippen MR) is 90.7 cm³/mol. The quantitative estimate of drug-likeness (QED) is 0.681. The molecule has 0 aromatic heterocycles. The summed E-state index contributed by atoms with van der Waals surface area (Å²) in [6.45, 7) is 2.78. The Morgan fingerprint density at radius 1 is 1.14 bits per heavy atom. The van der Waals surface area contributed by atoms with E-state index in [9.17, 15) is 4.39 Å². The fourth-order valence-corrected chi connectivity index (χ4v) is 3.14. The minimum atomic E-state index is -0.250. The smallest absolute Gasteiger partial charge is 0.126 e. The first-order valence-corrected chi connectivity index (χ1v) is 8.18. The number of hydrogen-bond donors (Lipinski definition) is 1. The number of nitrogens with one attached hydrogen (secondary N) is 1. The molecular formula is C16H15BrCl2FN. The van der Waals surface area contributed by atoms with Gasteiger partial charge in [-0.25, -0.2) is 4.39 Å². The van der Waals surface area contributed by atoms with Gasteiger partial charge in [-0.15, -0.1) is 0 Å². The first-order valence-electron chi connectivity index (χ1n) is 6.63. The van der Waals surface area contributed by atoms with Gasteiger partial charge in [-0.1, -0.05) is 46.1 Å². The fourth-order valence-electron chi connectivity index (χ4n) is 2.24. The number of likely N-dealkylation sites (N-methyl/N-ethyl adjacent to an activating group) is 1. The molecule has 0 aliphatic heterocycles. The normalized spacial score (nSPS) is 12.4. The van der Waals surface area contributed by atoms with E-state index in [4.69, 9.17) is 23.2 Å². The van der Waals surface area contributed by atoms with E-state index < -0.39 is 0 Å². The molecule has 0 radical (unpaired) electrons. The van der Waals surface area contributed by atoms with Crippen LogP contribution in [0.3, 0.4) is 0 Å². The van der Waals surface area contributed by atoms with Crippen LogP contribution in [0.15, 0.2) is 40.9 Å². The minimum absolute atomic E-state index is 0.0453. The molecule has 112 valence electrons. The lowest BCUT2D eigenvalue weighted by Crippen LogP contribution is -2.23. The molecule has 0 spiro atoms. The summed E-state index contributed by atoms with van der Waals surface area (Å²) < 4.78 is 14.9. The van der Waals surface area contributed by atoms with Gasteiger partial charge in [0.15, 0.2) is 0 Å². The van der Waals surface area contributed by atoms with Crippen LogP contribution in [0.2, 0.25) is 10.0 Å². The predicted octanol–water partition coefficient (Wildman–Crippen LogP) is 5.79. The molecule has 1 unspecified atom stereocenters. The van der Waals surface area contributed by atoms with Crippen molar-refractivity contribution in [3.8, 4) is 0 Å². The summed E-state index contributed by atoms with van der Waals surface area (Å²) in [6, 6.07) is 10.2. The largest absolute Gasteiger partial charge is 0.310 e. The summed E-state index contributed by atoms with van der Waals surface area (Å²) in [5.41, 5.74) is 1.59. The van der Waals surface area contributed by atoms with Gasteiger partial charge >= 0.3 is 0 Å². The molecule has 0 bridgehead atoms. The van der Waals surface area contributed by atoms with E-state index in [-0.39, 0.29) is 11.9 Å². The van der Waals surface area contributed by atoms with Crippen molar-refractivity contribution in [2.45, 2.75) is 19.4 Å². The maximum Gasteiger partial charge on any atom is 0.126 e. The number of benzene rings is 2. The zero-order chi connectivity index (χ0) is 15.4. The third-order valence-electron chi connectivity index (χ3n) is 3.22. The van der Waals surface area contributed by atoms with Crippen LogP contribution in [0.25, 0.3) is 0 Å². The van der Waals surface area contributed by atoms with Crippen LogP contribution in [-0.2, 0) is 6.42 Å². The average Bonchev–Trinajstić information content (AvgIpc) is 2.45. The van der Waals surface area contributed by atoms with E-state index in [1.165, 1.54) is 6.07 Å². The van der Waals surface area contributed by atoms with Gasteiger partial charge in [0.1, 0.15) is 5.82 Å². The first-order chi connectivity index (χ1) is 10.0. The number of halogens is 4. The molecule has 0 amide bonds. The van der Waals surface area contributed by atoms with Crippen molar-refractivity contribution < 1.29 is 4.39 Å². The molecule has 1 atom stereocenters. The molecule has 0 heterocycles. The molecule has 0 aliphatic rings. The minimum Gasteiger partial charge on any atom is -0.310 e. The molecule has 21 heavy (non-hydrogen) atoms. The van der Waals surface area contributed by atoms with Gasteiger partial charge in [-0.2, -0.15) is 0 Å². The number of rotatable bonds is 5. The van der Waals surface area contributed by atoms with Gasteiger partial charge in [0, 0.05) is 20.6 Å². The first kappa shape index (κ1) is 16.8. The monoisotopic (exact) mass is 389 g/mol. The van der Waals surface area contributed by atoms with E-state index in [1.54, 1.807) is 12.1 Å². The zero-order valence-electron chi connectivity index (χ0n) is 11.5. The molecule has 0 saturated carbocycles. The summed E-state index contributed by atoms with van der Waals surface area (Å²) in [4.78, 5) is 0. The van der Waals surface area contributed by atoms with Crippen LogP contribution >= 0.6 is 39.1 Å². The Kier molecular flexibility index (Phi) is 6.06. The van der Waals surface area contributed by atoms with Crippen LogP contribution in [0, 0.1) is 5.82 Å². The van der Waals surface area contributed by atoms with Crippen molar-refractivity contribution in [2.24, 2.45) is 0 Å². The molecule has 2 aromatic carbocycles. The highest BCUT2D eigenvalue weighted by atomic mass is 79.9. The molecule has 0 fully saturated rings. The summed E-state index contributed by atoms with van der Waals surface area (Å²) in [5, 5.41) is 4.55. The Morgan fingerprint density at radius 2 is 1.81 bits per heavy atom. The summed E-state index contributed by atoms with van der Waals surface area (Å²) in [6.07, 6.45) is 0.499. The van der Waals surface area contributed by atoms with E-state index in [0.29, 0.717) is 22.0 Å². The summed E-state index contributed by atoms with van der Waals surface area (Å²) in [5.74, 6) is -0.250. The highest BCUT2D eigenvalue weighted by Crippen LogP contribution is 2.30. The van der Waals surface area contributed by atoms with Crippen molar-refractivity contribution in [2.75, 3.05) is 6.54 Å². The second-order valence-electron chi connectivity index (χ2n) is 4.72. The van der Waals surface area contributed by atoms with Gasteiger partial charge in [0.25, 0.3) is 0 Å². The van der Waals surface area contributed by atoms with Crippen molar-refractivity contribution in [1.82, 2.24) is 5.32 Å². The molecule has 0 aliphatic carbocycles. The van der Waals surface area contributed by atoms with Crippen LogP contribution in [0.4, 0.5) is 4.39 Å². The molecule has 1 nitrogen and oxygen atoms in total. The standard InChI is InChI=1S/C16H15BrCl2FN/c1-2-21-16(13-9-12(19)3-5-14(13)17)8-10-7-11(18)4-6-15(10)20/h3-7,9,16,21H,2,8H2,1H3. The van der Waals surface area contributed by atoms with E-state index in [0.717, 1.165) is 16.6 Å². The lowest BCUT2D eigenvalue weighted by molar-refractivity contribution is 0.526. The Hall–Kier alpha value is -0.610. The maximum atomic E-state index is 13.9. The summed E-state index contributed by atoms with van der Waals surface area (Å²) >= 11 is 15.6. The average molecular weight is 391 g/mol. The number of hydrogen-bond acceptors (Lipinski definition) is 1. The van der Waals surface area contributed by atoms with Crippen LogP contribution in [0.5, 0.6) is 0 Å². The lowest BCUT2D eigenvalue weighted by Gasteiger charge is -2.20. The van der Waals surface area contributed by atoms with Crippen molar-refractivity contribution in [3.05, 3.63) is 67.9 Å². The van der Waals surface area contributed by atoms with Gasteiger partial charge in [0.2, 0.25) is 0 Å². The second kappa shape index (κ2) is 7.59. The molecular weight excluding hydrogens is 376 g/mol. The van der Waals surface area contributed by atoms with Crippen LogP contribution in [0.1, 0.15) is 24.1 Å². The third kappa shape index (κ3) is 4.43. The highest BCUT2D eigenvalue weighted by molar-refractivity contribution is 9.10. The molecule has 2 aromatic rings. The molecule has 1 N–H and O–H groups in total. The third-order valence-corrected chi connectivity index (χ3v) is 4.41. The van der Waals surface area contributed by atoms with Crippen molar-refractivity contribution in [3.63, 3.8) is 0 Å². The molecule has 2 rings (SSSR count).